The zero-order valence-electron chi connectivity index (χ0n) is 13.0. The van der Waals surface area contributed by atoms with Crippen molar-refractivity contribution >= 4 is 15.9 Å². The summed E-state index contributed by atoms with van der Waals surface area (Å²) in [4.78, 5) is 2.38. The molecule has 1 unspecified atom stereocenters. The average molecular weight is 350 g/mol. The van der Waals surface area contributed by atoms with Gasteiger partial charge in [-0.15, -0.1) is 0 Å². The lowest BCUT2D eigenvalue weighted by atomic mass is 9.79. The van der Waals surface area contributed by atoms with Gasteiger partial charge >= 0.3 is 0 Å². The monoisotopic (exact) mass is 349 g/mol. The second kappa shape index (κ2) is 7.40. The highest BCUT2D eigenvalue weighted by Gasteiger charge is 2.34. The smallest absolute Gasteiger partial charge is 0.111 e. The summed E-state index contributed by atoms with van der Waals surface area (Å²) in [5, 5.41) is 13.2. The standard InChI is InChI=1S/C17H24BrN3/c1-3-21(4-2)10-9-20-17(13-19)8-7-14-11-16(18)6-5-15(14)12-17/h5-6,11,20H,3-4,7-10,12H2,1-2H3. The Bertz CT molecular complexity index is 519. The average Bonchev–Trinajstić information content (AvgIpc) is 2.52. The number of hydrogen-bond donors (Lipinski definition) is 1. The largest absolute Gasteiger partial charge is 0.303 e. The van der Waals surface area contributed by atoms with Crippen LogP contribution in [0.5, 0.6) is 0 Å². The van der Waals surface area contributed by atoms with Crippen LogP contribution in [0, 0.1) is 11.3 Å². The summed E-state index contributed by atoms with van der Waals surface area (Å²) in [6, 6.07) is 8.95. The molecule has 4 heteroatoms. The lowest BCUT2D eigenvalue weighted by Crippen LogP contribution is -2.50. The van der Waals surface area contributed by atoms with Gasteiger partial charge in [0.25, 0.3) is 0 Å². The molecule has 1 aromatic rings. The number of halogens is 1. The molecule has 0 saturated carbocycles. The second-order valence-electron chi connectivity index (χ2n) is 5.74. The molecule has 1 aliphatic rings. The number of aryl methyl sites for hydroxylation is 1. The van der Waals surface area contributed by atoms with E-state index in [4.69, 9.17) is 0 Å². The predicted molar refractivity (Wildman–Crippen MR) is 90.3 cm³/mol. The minimum atomic E-state index is -0.395. The van der Waals surface area contributed by atoms with Crippen LogP contribution in [0.4, 0.5) is 0 Å². The number of benzene rings is 1. The Morgan fingerprint density at radius 1 is 1.33 bits per heavy atom. The Labute approximate surface area is 136 Å². The summed E-state index contributed by atoms with van der Waals surface area (Å²) < 4.78 is 1.13. The Kier molecular flexibility index (Phi) is 5.80. The van der Waals surface area contributed by atoms with E-state index >= 15 is 0 Å². The number of fused-ring (bicyclic) bond motifs is 1. The molecule has 0 aromatic heterocycles. The molecule has 0 fully saturated rings. The van der Waals surface area contributed by atoms with Crippen molar-refractivity contribution in [2.45, 2.75) is 38.6 Å². The van der Waals surface area contributed by atoms with E-state index < -0.39 is 5.54 Å². The Hall–Kier alpha value is -0.890. The molecular weight excluding hydrogens is 326 g/mol. The van der Waals surface area contributed by atoms with Crippen molar-refractivity contribution in [2.75, 3.05) is 26.2 Å². The van der Waals surface area contributed by atoms with E-state index in [9.17, 15) is 5.26 Å². The van der Waals surface area contributed by atoms with Gasteiger partial charge in [-0.25, -0.2) is 0 Å². The molecule has 1 atom stereocenters. The quantitative estimate of drug-likeness (QED) is 0.857. The maximum atomic E-state index is 9.67. The minimum Gasteiger partial charge on any atom is -0.303 e. The fourth-order valence-corrected chi connectivity index (χ4v) is 3.45. The Balaban J connectivity index is 2.00. The fraction of sp³-hybridized carbons (Fsp3) is 0.588. The highest BCUT2D eigenvalue weighted by molar-refractivity contribution is 9.10. The van der Waals surface area contributed by atoms with Gasteiger partial charge in [0.1, 0.15) is 5.54 Å². The first kappa shape index (κ1) is 16.5. The number of nitriles is 1. The molecule has 0 heterocycles. The van der Waals surface area contributed by atoms with Crippen molar-refractivity contribution in [3.8, 4) is 6.07 Å². The van der Waals surface area contributed by atoms with E-state index in [0.29, 0.717) is 0 Å². The topological polar surface area (TPSA) is 39.1 Å². The Morgan fingerprint density at radius 2 is 2.10 bits per heavy atom. The second-order valence-corrected chi connectivity index (χ2v) is 6.65. The first-order valence-electron chi connectivity index (χ1n) is 7.78. The summed E-state index contributed by atoms with van der Waals surface area (Å²) in [6.07, 6.45) is 2.68. The summed E-state index contributed by atoms with van der Waals surface area (Å²) >= 11 is 3.52. The van der Waals surface area contributed by atoms with Gasteiger partial charge in [0.05, 0.1) is 6.07 Å². The number of likely N-dealkylation sites (N-methyl/N-ethyl adjacent to an activating group) is 1. The molecule has 1 aliphatic carbocycles. The summed E-state index contributed by atoms with van der Waals surface area (Å²) in [6.45, 7) is 8.37. The van der Waals surface area contributed by atoms with Crippen LogP contribution in [-0.2, 0) is 12.8 Å². The molecule has 1 N–H and O–H groups in total. The van der Waals surface area contributed by atoms with Crippen molar-refractivity contribution in [2.24, 2.45) is 0 Å². The van der Waals surface area contributed by atoms with E-state index in [-0.39, 0.29) is 0 Å². The Morgan fingerprint density at radius 3 is 2.76 bits per heavy atom. The zero-order valence-corrected chi connectivity index (χ0v) is 14.5. The molecule has 0 radical (unpaired) electrons. The molecule has 21 heavy (non-hydrogen) atoms. The molecule has 0 saturated heterocycles. The van der Waals surface area contributed by atoms with Crippen molar-refractivity contribution in [3.05, 3.63) is 33.8 Å². The van der Waals surface area contributed by atoms with E-state index in [1.54, 1.807) is 0 Å². The number of nitrogens with zero attached hydrogens (tertiary/aromatic N) is 2. The van der Waals surface area contributed by atoms with Crippen LogP contribution >= 0.6 is 15.9 Å². The van der Waals surface area contributed by atoms with Crippen molar-refractivity contribution in [3.63, 3.8) is 0 Å². The van der Waals surface area contributed by atoms with Gasteiger partial charge in [0, 0.05) is 24.0 Å². The molecule has 0 amide bonds. The lowest BCUT2D eigenvalue weighted by Gasteiger charge is -2.34. The van der Waals surface area contributed by atoms with Gasteiger partial charge in [-0.1, -0.05) is 35.8 Å². The van der Waals surface area contributed by atoms with E-state index in [0.717, 1.165) is 49.9 Å². The van der Waals surface area contributed by atoms with Crippen LogP contribution in [-0.4, -0.2) is 36.6 Å². The molecule has 114 valence electrons. The molecule has 2 rings (SSSR count). The fourth-order valence-electron chi connectivity index (χ4n) is 3.04. The lowest BCUT2D eigenvalue weighted by molar-refractivity contribution is 0.277. The highest BCUT2D eigenvalue weighted by atomic mass is 79.9. The third kappa shape index (κ3) is 4.06. The SMILES string of the molecule is CCN(CC)CCNC1(C#N)CCc2cc(Br)ccc2C1. The van der Waals surface area contributed by atoms with Gasteiger partial charge in [0.15, 0.2) is 0 Å². The summed E-state index contributed by atoms with van der Waals surface area (Å²) in [5.41, 5.74) is 2.29. The third-order valence-corrected chi connectivity index (χ3v) is 4.97. The van der Waals surface area contributed by atoms with Gasteiger partial charge < -0.3 is 4.90 Å². The molecule has 0 spiro atoms. The van der Waals surface area contributed by atoms with Crippen LogP contribution in [0.15, 0.2) is 22.7 Å². The first-order chi connectivity index (χ1) is 10.1. The van der Waals surface area contributed by atoms with E-state index in [1.165, 1.54) is 11.1 Å². The van der Waals surface area contributed by atoms with Gasteiger partial charge in [0.2, 0.25) is 0 Å². The first-order valence-corrected chi connectivity index (χ1v) is 8.57. The number of rotatable bonds is 6. The van der Waals surface area contributed by atoms with Crippen LogP contribution in [0.25, 0.3) is 0 Å². The summed E-state index contributed by atoms with van der Waals surface area (Å²) in [7, 11) is 0. The number of hydrogen-bond acceptors (Lipinski definition) is 3. The highest BCUT2D eigenvalue weighted by Crippen LogP contribution is 2.30. The predicted octanol–water partition coefficient (Wildman–Crippen LogP) is 3.13. The maximum absolute atomic E-state index is 9.67. The van der Waals surface area contributed by atoms with Crippen LogP contribution in [0.3, 0.4) is 0 Å². The minimum absolute atomic E-state index is 0.395. The van der Waals surface area contributed by atoms with E-state index in [1.807, 2.05) is 0 Å². The molecule has 0 bridgehead atoms. The van der Waals surface area contributed by atoms with Crippen molar-refractivity contribution in [1.29, 1.82) is 5.26 Å². The normalized spacial score (nSPS) is 21.1. The van der Waals surface area contributed by atoms with Crippen molar-refractivity contribution in [1.82, 2.24) is 10.2 Å². The van der Waals surface area contributed by atoms with Gasteiger partial charge in [-0.05, 0) is 49.2 Å². The third-order valence-electron chi connectivity index (χ3n) is 4.48. The molecule has 0 aliphatic heterocycles. The molecule has 1 aromatic carbocycles. The van der Waals surface area contributed by atoms with Crippen LogP contribution < -0.4 is 5.32 Å². The van der Waals surface area contributed by atoms with Gasteiger partial charge in [-0.3, -0.25) is 5.32 Å². The summed E-state index contributed by atoms with van der Waals surface area (Å²) in [5.74, 6) is 0. The zero-order chi connectivity index (χ0) is 15.3. The van der Waals surface area contributed by atoms with Crippen LogP contribution in [0.1, 0.15) is 31.4 Å². The number of nitrogens with one attached hydrogen (secondary N) is 1. The van der Waals surface area contributed by atoms with Crippen LogP contribution in [0.2, 0.25) is 0 Å². The van der Waals surface area contributed by atoms with Gasteiger partial charge in [-0.2, -0.15) is 5.26 Å². The van der Waals surface area contributed by atoms with Crippen molar-refractivity contribution < 1.29 is 0 Å². The van der Waals surface area contributed by atoms with E-state index in [2.05, 4.69) is 64.3 Å². The molecule has 3 nitrogen and oxygen atoms in total. The maximum Gasteiger partial charge on any atom is 0.111 e. The molecular formula is C17H24BrN3.